The second-order valence-corrected chi connectivity index (χ2v) is 7.02. The van der Waals surface area contributed by atoms with Gasteiger partial charge in [-0.15, -0.1) is 0 Å². The van der Waals surface area contributed by atoms with Crippen LogP contribution in [0.15, 0.2) is 12.1 Å². The lowest BCUT2D eigenvalue weighted by molar-refractivity contribution is -0.0244. The summed E-state index contributed by atoms with van der Waals surface area (Å²) in [7, 11) is 3.18. The van der Waals surface area contributed by atoms with Gasteiger partial charge < -0.3 is 20.1 Å². The number of alkyl halides is 2. The van der Waals surface area contributed by atoms with Crippen molar-refractivity contribution in [3.63, 3.8) is 0 Å². The quantitative estimate of drug-likeness (QED) is 0.874. The van der Waals surface area contributed by atoms with Crippen LogP contribution in [0.4, 0.5) is 14.5 Å². The van der Waals surface area contributed by atoms with Gasteiger partial charge in [-0.1, -0.05) is 0 Å². The summed E-state index contributed by atoms with van der Waals surface area (Å²) < 4.78 is 38.4. The van der Waals surface area contributed by atoms with Crippen LogP contribution in [0.3, 0.4) is 0 Å². The van der Waals surface area contributed by atoms with Gasteiger partial charge >= 0.3 is 0 Å². The number of anilines is 1. The molecule has 0 spiro atoms. The molecule has 0 amide bonds. The predicted octanol–water partition coefficient (Wildman–Crippen LogP) is 3.15. The molecule has 0 bridgehead atoms. The molecule has 1 fully saturated rings. The second kappa shape index (κ2) is 6.54. The number of halogens is 2. The van der Waals surface area contributed by atoms with Gasteiger partial charge in [-0.2, -0.15) is 0 Å². The maximum Gasteiger partial charge on any atom is 0.262 e. The van der Waals surface area contributed by atoms with Crippen molar-refractivity contribution >= 4 is 16.6 Å². The molecule has 1 aliphatic carbocycles. The molecule has 7 heteroatoms. The van der Waals surface area contributed by atoms with E-state index in [9.17, 15) is 8.78 Å². The van der Waals surface area contributed by atoms with Gasteiger partial charge in [0.15, 0.2) is 11.5 Å². The second-order valence-electron chi connectivity index (χ2n) is 7.02. The Balaban J connectivity index is 1.81. The monoisotopic (exact) mass is 363 g/mol. The molecule has 140 valence electrons. The Kier molecular flexibility index (Phi) is 4.34. The number of piperidine rings is 1. The van der Waals surface area contributed by atoms with Crippen LogP contribution in [0.25, 0.3) is 10.9 Å². The zero-order chi connectivity index (χ0) is 18.3. The van der Waals surface area contributed by atoms with Gasteiger partial charge in [0.1, 0.15) is 0 Å². The zero-order valence-corrected chi connectivity index (χ0v) is 15.0. The molecule has 26 heavy (non-hydrogen) atoms. The lowest BCUT2D eigenvalue weighted by Gasteiger charge is -2.32. The van der Waals surface area contributed by atoms with Crippen molar-refractivity contribution in [3.05, 3.63) is 23.4 Å². The minimum Gasteiger partial charge on any atom is -0.493 e. The van der Waals surface area contributed by atoms with Crippen LogP contribution >= 0.6 is 0 Å². The van der Waals surface area contributed by atoms with Gasteiger partial charge in [0.25, 0.3) is 5.92 Å². The number of hydrogen-bond donors (Lipinski definition) is 2. The van der Waals surface area contributed by atoms with E-state index in [-0.39, 0.29) is 19.0 Å². The van der Waals surface area contributed by atoms with E-state index in [1.165, 1.54) is 0 Å². The first-order chi connectivity index (χ1) is 12.5. The summed E-state index contributed by atoms with van der Waals surface area (Å²) >= 11 is 0. The Labute approximate surface area is 151 Å². The largest absolute Gasteiger partial charge is 0.493 e. The Bertz CT molecular complexity index is 841. The number of aryl methyl sites for hydroxylation is 1. The summed E-state index contributed by atoms with van der Waals surface area (Å²) in [5.74, 6) is -1.47. The van der Waals surface area contributed by atoms with Gasteiger partial charge in [-0.25, -0.2) is 8.78 Å². The van der Waals surface area contributed by atoms with Crippen LogP contribution in [-0.2, 0) is 12.8 Å². The number of hydrogen-bond acceptors (Lipinski definition) is 5. The first-order valence-electron chi connectivity index (χ1n) is 8.93. The molecule has 1 saturated heterocycles. The molecule has 2 aromatic rings. The molecule has 4 rings (SSSR count). The molecule has 1 aromatic carbocycles. The molecular weight excluding hydrogens is 340 g/mol. The van der Waals surface area contributed by atoms with E-state index in [1.807, 2.05) is 12.1 Å². The standard InChI is InChI=1S/C19H23F2N3O2/c1-25-16-6-13-15(7-17(16)26-2)24-14-5-3-4-12(14)18(13)23-11-8-19(20,21)10-22-9-11/h6-7,11,22H,3-5,8-10H2,1-2H3,(H,23,24). The number of nitrogens with zero attached hydrogens (tertiary/aromatic N) is 1. The lowest BCUT2D eigenvalue weighted by Crippen LogP contribution is -2.49. The number of benzene rings is 1. The predicted molar refractivity (Wildman–Crippen MR) is 96.7 cm³/mol. The molecule has 1 aromatic heterocycles. The van der Waals surface area contributed by atoms with Crippen LogP contribution in [0, 0.1) is 0 Å². The van der Waals surface area contributed by atoms with E-state index >= 15 is 0 Å². The van der Waals surface area contributed by atoms with Crippen molar-refractivity contribution < 1.29 is 18.3 Å². The number of ether oxygens (including phenoxy) is 2. The fraction of sp³-hybridized carbons (Fsp3) is 0.526. The van der Waals surface area contributed by atoms with E-state index in [0.717, 1.165) is 47.1 Å². The van der Waals surface area contributed by atoms with Crippen molar-refractivity contribution in [3.8, 4) is 11.5 Å². The summed E-state index contributed by atoms with van der Waals surface area (Å²) in [6, 6.07) is 3.41. The highest BCUT2D eigenvalue weighted by atomic mass is 19.3. The Hall–Kier alpha value is -2.15. The van der Waals surface area contributed by atoms with Gasteiger partial charge in [0.05, 0.1) is 26.3 Å². The molecule has 2 heterocycles. The summed E-state index contributed by atoms with van der Waals surface area (Å²) in [5.41, 5.74) is 3.88. The lowest BCUT2D eigenvalue weighted by atomic mass is 10.0. The van der Waals surface area contributed by atoms with Gasteiger partial charge in [0, 0.05) is 41.8 Å². The SMILES string of the molecule is COc1cc2nc3c(c(NC4CNCC(F)(F)C4)c2cc1OC)CCC3. The zero-order valence-electron chi connectivity index (χ0n) is 15.0. The number of fused-ring (bicyclic) bond motifs is 2. The molecular formula is C19H23F2N3O2. The summed E-state index contributed by atoms with van der Waals surface area (Å²) in [5, 5.41) is 7.11. The highest BCUT2D eigenvalue weighted by Crippen LogP contribution is 2.40. The van der Waals surface area contributed by atoms with Gasteiger partial charge in [-0.3, -0.25) is 4.98 Å². The Morgan fingerprint density at radius 2 is 1.96 bits per heavy atom. The van der Waals surface area contributed by atoms with Crippen molar-refractivity contribution in [1.82, 2.24) is 10.3 Å². The Morgan fingerprint density at radius 1 is 1.19 bits per heavy atom. The first-order valence-corrected chi connectivity index (χ1v) is 8.93. The topological polar surface area (TPSA) is 55.4 Å². The highest BCUT2D eigenvalue weighted by Gasteiger charge is 2.37. The van der Waals surface area contributed by atoms with Crippen LogP contribution in [0.5, 0.6) is 11.5 Å². The van der Waals surface area contributed by atoms with E-state index in [2.05, 4.69) is 10.6 Å². The molecule has 2 N–H and O–H groups in total. The van der Waals surface area contributed by atoms with Crippen molar-refractivity contribution in [2.24, 2.45) is 0 Å². The first kappa shape index (κ1) is 17.3. The third kappa shape index (κ3) is 3.05. The molecule has 1 aliphatic heterocycles. The number of pyridine rings is 1. The molecule has 1 atom stereocenters. The summed E-state index contributed by atoms with van der Waals surface area (Å²) in [4.78, 5) is 4.78. The number of nitrogens with one attached hydrogen (secondary N) is 2. The molecule has 0 saturated carbocycles. The highest BCUT2D eigenvalue weighted by molar-refractivity contribution is 5.96. The third-order valence-electron chi connectivity index (χ3n) is 5.18. The summed E-state index contributed by atoms with van der Waals surface area (Å²) in [6.07, 6.45) is 2.67. The number of aromatic nitrogens is 1. The Morgan fingerprint density at radius 3 is 2.69 bits per heavy atom. The maximum atomic E-state index is 13.8. The van der Waals surface area contributed by atoms with E-state index < -0.39 is 5.92 Å². The average Bonchev–Trinajstić information content (AvgIpc) is 3.08. The van der Waals surface area contributed by atoms with Crippen molar-refractivity contribution in [2.75, 3.05) is 32.6 Å². The molecule has 5 nitrogen and oxygen atoms in total. The number of rotatable bonds is 4. The fourth-order valence-electron chi connectivity index (χ4n) is 3.99. The number of methoxy groups -OCH3 is 2. The third-order valence-corrected chi connectivity index (χ3v) is 5.18. The summed E-state index contributed by atoms with van der Waals surface area (Å²) in [6.45, 7) is 0.257. The van der Waals surface area contributed by atoms with E-state index in [0.29, 0.717) is 18.0 Å². The molecule has 0 radical (unpaired) electrons. The smallest absolute Gasteiger partial charge is 0.262 e. The van der Waals surface area contributed by atoms with Crippen LogP contribution in [0.1, 0.15) is 24.1 Å². The van der Waals surface area contributed by atoms with Crippen LogP contribution < -0.4 is 20.1 Å². The minimum atomic E-state index is -2.69. The van der Waals surface area contributed by atoms with E-state index in [4.69, 9.17) is 14.5 Å². The molecule has 2 aliphatic rings. The van der Waals surface area contributed by atoms with Gasteiger partial charge in [0.2, 0.25) is 0 Å². The maximum absolute atomic E-state index is 13.8. The van der Waals surface area contributed by atoms with Crippen molar-refractivity contribution in [1.29, 1.82) is 0 Å². The minimum absolute atomic E-state index is 0.175. The van der Waals surface area contributed by atoms with E-state index in [1.54, 1.807) is 14.2 Å². The van der Waals surface area contributed by atoms with Crippen LogP contribution in [-0.4, -0.2) is 44.3 Å². The van der Waals surface area contributed by atoms with Crippen LogP contribution in [0.2, 0.25) is 0 Å². The van der Waals surface area contributed by atoms with Crippen molar-refractivity contribution in [2.45, 2.75) is 37.6 Å². The van der Waals surface area contributed by atoms with Gasteiger partial charge in [-0.05, 0) is 30.9 Å². The normalized spacial score (nSPS) is 21.5. The molecule has 1 unspecified atom stereocenters. The average molecular weight is 363 g/mol. The fourth-order valence-corrected chi connectivity index (χ4v) is 3.99.